The Balaban J connectivity index is 2.67. The molecule has 0 aliphatic carbocycles. The molecule has 1 amide bonds. The van der Waals surface area contributed by atoms with Crippen LogP contribution in [-0.2, 0) is 14.3 Å². The van der Waals surface area contributed by atoms with E-state index < -0.39 is 12.0 Å². The summed E-state index contributed by atoms with van der Waals surface area (Å²) in [6.07, 6.45) is 0.770. The van der Waals surface area contributed by atoms with Gasteiger partial charge in [0, 0.05) is 11.4 Å². The highest BCUT2D eigenvalue weighted by molar-refractivity contribution is 7.99. The predicted molar refractivity (Wildman–Crippen MR) is 90.4 cm³/mol. The third-order valence-electron chi connectivity index (χ3n) is 3.93. The molecule has 0 radical (unpaired) electrons. The van der Waals surface area contributed by atoms with E-state index in [9.17, 15) is 9.59 Å². The standard InChI is InChI=1S/C16H25N3O3S/c1-7-9(2)14(15(21)22-6)19-13(20)8-23-16-17-11(4)10(3)12(5)18-16/h9,14H,7-8H2,1-6H3,(H,19,20)/t9-,14-/m1/s1. The van der Waals surface area contributed by atoms with Gasteiger partial charge in [-0.2, -0.15) is 0 Å². The molecule has 0 aliphatic heterocycles. The number of nitrogens with zero attached hydrogens (tertiary/aromatic N) is 2. The van der Waals surface area contributed by atoms with Crippen LogP contribution in [0.1, 0.15) is 37.2 Å². The molecule has 6 nitrogen and oxygen atoms in total. The average Bonchev–Trinajstić information content (AvgIpc) is 2.53. The molecule has 7 heteroatoms. The minimum atomic E-state index is -0.625. The van der Waals surface area contributed by atoms with Gasteiger partial charge in [0.05, 0.1) is 12.9 Å². The Hall–Kier alpha value is -1.63. The highest BCUT2D eigenvalue weighted by atomic mass is 32.2. The Morgan fingerprint density at radius 1 is 1.22 bits per heavy atom. The molecule has 1 rings (SSSR count). The van der Waals surface area contributed by atoms with Crippen molar-refractivity contribution in [2.24, 2.45) is 5.92 Å². The molecule has 0 unspecified atom stereocenters. The van der Waals surface area contributed by atoms with Crippen molar-refractivity contribution in [3.05, 3.63) is 17.0 Å². The Labute approximate surface area is 141 Å². The van der Waals surface area contributed by atoms with E-state index in [1.54, 1.807) is 0 Å². The number of carbonyl (C=O) groups excluding carboxylic acids is 2. The van der Waals surface area contributed by atoms with Crippen molar-refractivity contribution in [2.75, 3.05) is 12.9 Å². The van der Waals surface area contributed by atoms with Crippen LogP contribution in [0.15, 0.2) is 5.16 Å². The van der Waals surface area contributed by atoms with E-state index in [1.807, 2.05) is 34.6 Å². The number of hydrogen-bond donors (Lipinski definition) is 1. The van der Waals surface area contributed by atoms with E-state index in [1.165, 1.54) is 18.9 Å². The molecule has 1 aromatic rings. The van der Waals surface area contributed by atoms with Crippen molar-refractivity contribution in [1.29, 1.82) is 0 Å². The molecule has 0 fully saturated rings. The summed E-state index contributed by atoms with van der Waals surface area (Å²) in [6.45, 7) is 9.69. The molecule has 0 aromatic carbocycles. The lowest BCUT2D eigenvalue weighted by molar-refractivity contribution is -0.146. The summed E-state index contributed by atoms with van der Waals surface area (Å²) in [5.41, 5.74) is 2.88. The van der Waals surface area contributed by atoms with E-state index in [4.69, 9.17) is 4.74 Å². The van der Waals surface area contributed by atoms with Gasteiger partial charge in [0.15, 0.2) is 5.16 Å². The van der Waals surface area contributed by atoms with Gasteiger partial charge in [-0.15, -0.1) is 0 Å². The van der Waals surface area contributed by atoms with Crippen LogP contribution in [0.3, 0.4) is 0 Å². The molecule has 2 atom stereocenters. The number of rotatable bonds is 7. The molecule has 0 saturated heterocycles. The zero-order valence-electron chi connectivity index (χ0n) is 14.6. The minimum Gasteiger partial charge on any atom is -0.467 e. The summed E-state index contributed by atoms with van der Waals surface area (Å²) in [5.74, 6) is -0.482. The number of thioether (sulfide) groups is 1. The number of carbonyl (C=O) groups is 2. The number of ether oxygens (including phenoxy) is 1. The smallest absolute Gasteiger partial charge is 0.328 e. The SMILES string of the molecule is CC[C@@H](C)[C@@H](NC(=O)CSc1nc(C)c(C)c(C)n1)C(=O)OC. The molecule has 1 heterocycles. The maximum atomic E-state index is 12.1. The average molecular weight is 339 g/mol. The fraction of sp³-hybridized carbons (Fsp3) is 0.625. The van der Waals surface area contributed by atoms with E-state index in [0.29, 0.717) is 5.16 Å². The lowest BCUT2D eigenvalue weighted by atomic mass is 9.99. The topological polar surface area (TPSA) is 81.2 Å². The first-order chi connectivity index (χ1) is 10.8. The monoisotopic (exact) mass is 339 g/mol. The summed E-state index contributed by atoms with van der Waals surface area (Å²) in [6, 6.07) is -0.625. The maximum absolute atomic E-state index is 12.1. The van der Waals surface area contributed by atoms with Crippen molar-refractivity contribution in [2.45, 2.75) is 52.2 Å². The fourth-order valence-electron chi connectivity index (χ4n) is 1.95. The number of aromatic nitrogens is 2. The molecule has 23 heavy (non-hydrogen) atoms. The van der Waals surface area contributed by atoms with Gasteiger partial charge in [-0.05, 0) is 32.3 Å². The van der Waals surface area contributed by atoms with Gasteiger partial charge in [-0.25, -0.2) is 14.8 Å². The first-order valence-corrected chi connectivity index (χ1v) is 8.60. The van der Waals surface area contributed by atoms with Gasteiger partial charge in [0.1, 0.15) is 6.04 Å². The van der Waals surface area contributed by atoms with Crippen LogP contribution in [0.5, 0.6) is 0 Å². The molecule has 0 aliphatic rings. The first kappa shape index (κ1) is 19.4. The minimum absolute atomic E-state index is 0.0107. The van der Waals surface area contributed by atoms with Gasteiger partial charge < -0.3 is 10.1 Å². The number of nitrogens with one attached hydrogen (secondary N) is 1. The third kappa shape index (κ3) is 5.49. The summed E-state index contributed by atoms with van der Waals surface area (Å²) in [4.78, 5) is 32.6. The van der Waals surface area contributed by atoms with Crippen LogP contribution in [0, 0.1) is 26.7 Å². The van der Waals surface area contributed by atoms with Crippen LogP contribution in [0.2, 0.25) is 0 Å². The summed E-state index contributed by atoms with van der Waals surface area (Å²) in [5, 5.41) is 3.31. The van der Waals surface area contributed by atoms with E-state index in [-0.39, 0.29) is 17.6 Å². The van der Waals surface area contributed by atoms with E-state index in [0.717, 1.165) is 23.4 Å². The lowest BCUT2D eigenvalue weighted by Crippen LogP contribution is -2.46. The van der Waals surface area contributed by atoms with Crippen molar-refractivity contribution in [3.63, 3.8) is 0 Å². The van der Waals surface area contributed by atoms with Crippen molar-refractivity contribution >= 4 is 23.6 Å². The van der Waals surface area contributed by atoms with Gasteiger partial charge in [0.25, 0.3) is 0 Å². The van der Waals surface area contributed by atoms with Gasteiger partial charge in [0.2, 0.25) is 5.91 Å². The second-order valence-corrected chi connectivity index (χ2v) is 6.49. The van der Waals surface area contributed by atoms with Crippen molar-refractivity contribution in [3.8, 4) is 0 Å². The second-order valence-electron chi connectivity index (χ2n) is 5.54. The molecular formula is C16H25N3O3S. The maximum Gasteiger partial charge on any atom is 0.328 e. The highest BCUT2D eigenvalue weighted by Crippen LogP contribution is 2.17. The molecule has 1 N–H and O–H groups in total. The number of hydrogen-bond acceptors (Lipinski definition) is 6. The van der Waals surface area contributed by atoms with Gasteiger partial charge in [-0.3, -0.25) is 4.79 Å². The molecule has 0 bridgehead atoms. The zero-order valence-corrected chi connectivity index (χ0v) is 15.4. The molecule has 0 spiro atoms. The summed E-state index contributed by atoms with van der Waals surface area (Å²) >= 11 is 1.26. The molecule has 1 aromatic heterocycles. The van der Waals surface area contributed by atoms with Gasteiger partial charge in [-0.1, -0.05) is 32.0 Å². The Bertz CT molecular complexity index is 555. The fourth-order valence-corrected chi connectivity index (χ4v) is 2.69. The number of methoxy groups -OCH3 is 1. The Morgan fingerprint density at radius 2 is 1.78 bits per heavy atom. The Kier molecular flexibility index (Phi) is 7.48. The van der Waals surface area contributed by atoms with Crippen LogP contribution >= 0.6 is 11.8 Å². The quantitative estimate of drug-likeness (QED) is 0.466. The molecule has 128 valence electrons. The van der Waals surface area contributed by atoms with Gasteiger partial charge >= 0.3 is 5.97 Å². The zero-order chi connectivity index (χ0) is 17.6. The molecular weight excluding hydrogens is 314 g/mol. The number of amides is 1. The number of esters is 1. The predicted octanol–water partition coefficient (Wildman–Crippen LogP) is 2.20. The second kappa shape index (κ2) is 8.86. The highest BCUT2D eigenvalue weighted by Gasteiger charge is 2.26. The Morgan fingerprint density at radius 3 is 2.26 bits per heavy atom. The van der Waals surface area contributed by atoms with Crippen molar-refractivity contribution < 1.29 is 14.3 Å². The summed E-state index contributed by atoms with van der Waals surface area (Å²) in [7, 11) is 1.32. The van der Waals surface area contributed by atoms with Crippen LogP contribution in [0.4, 0.5) is 0 Å². The molecule has 0 saturated carbocycles. The van der Waals surface area contributed by atoms with Crippen LogP contribution in [0.25, 0.3) is 0 Å². The lowest BCUT2D eigenvalue weighted by Gasteiger charge is -2.21. The van der Waals surface area contributed by atoms with Crippen LogP contribution in [-0.4, -0.2) is 40.7 Å². The van der Waals surface area contributed by atoms with E-state index >= 15 is 0 Å². The normalized spacial score (nSPS) is 13.3. The summed E-state index contributed by atoms with van der Waals surface area (Å²) < 4.78 is 4.76. The largest absolute Gasteiger partial charge is 0.467 e. The van der Waals surface area contributed by atoms with Crippen molar-refractivity contribution in [1.82, 2.24) is 15.3 Å². The van der Waals surface area contributed by atoms with Crippen LogP contribution < -0.4 is 5.32 Å². The first-order valence-electron chi connectivity index (χ1n) is 7.61. The third-order valence-corrected chi connectivity index (χ3v) is 4.78. The van der Waals surface area contributed by atoms with E-state index in [2.05, 4.69) is 15.3 Å². The number of aryl methyl sites for hydroxylation is 2.